The van der Waals surface area contributed by atoms with Crippen LogP contribution in [0.2, 0.25) is 0 Å². The van der Waals surface area contributed by atoms with Crippen molar-refractivity contribution in [2.45, 2.75) is 25.3 Å². The number of carbonyl (C=O) groups is 1. The highest BCUT2D eigenvalue weighted by atomic mass is 16.6. The van der Waals surface area contributed by atoms with Crippen LogP contribution >= 0.6 is 0 Å². The lowest BCUT2D eigenvalue weighted by molar-refractivity contribution is 0.172. The highest BCUT2D eigenvalue weighted by Gasteiger charge is 2.34. The van der Waals surface area contributed by atoms with Crippen molar-refractivity contribution in [2.75, 3.05) is 6.61 Å². The highest BCUT2D eigenvalue weighted by Crippen LogP contribution is 2.23. The zero-order chi connectivity index (χ0) is 11.6. The van der Waals surface area contributed by atoms with Gasteiger partial charge in [-0.2, -0.15) is 0 Å². The molecule has 0 saturated carbocycles. The monoisotopic (exact) mass is 221 g/mol. The van der Waals surface area contributed by atoms with Crippen LogP contribution in [0.25, 0.3) is 0 Å². The van der Waals surface area contributed by atoms with Crippen molar-refractivity contribution in [3.8, 4) is 5.75 Å². The number of aromatic hydroxyl groups is 1. The number of rotatable bonds is 3. The summed E-state index contributed by atoms with van der Waals surface area (Å²) in [4.78, 5) is 11.0. The summed E-state index contributed by atoms with van der Waals surface area (Å²) >= 11 is 0. The van der Waals surface area contributed by atoms with E-state index >= 15 is 0 Å². The fraction of sp³-hybridized carbons (Fsp3) is 0.417. The Kier molecular flexibility index (Phi) is 2.73. The molecule has 4 nitrogen and oxygen atoms in total. The van der Waals surface area contributed by atoms with Crippen LogP contribution in [-0.4, -0.2) is 23.3 Å². The fourth-order valence-electron chi connectivity index (χ4n) is 1.81. The lowest BCUT2D eigenvalue weighted by Gasteiger charge is -2.20. The van der Waals surface area contributed by atoms with E-state index in [-0.39, 0.29) is 11.6 Å². The molecule has 0 aliphatic carbocycles. The maximum Gasteiger partial charge on any atom is 0.407 e. The zero-order valence-corrected chi connectivity index (χ0v) is 9.19. The van der Waals surface area contributed by atoms with E-state index in [0.29, 0.717) is 18.8 Å². The number of phenolic OH excluding ortho intramolecular Hbond substituents is 1. The summed E-state index contributed by atoms with van der Waals surface area (Å²) < 4.78 is 4.87. The minimum atomic E-state index is -0.361. The lowest BCUT2D eigenvalue weighted by Crippen LogP contribution is -2.40. The van der Waals surface area contributed by atoms with Gasteiger partial charge in [-0.15, -0.1) is 0 Å². The van der Waals surface area contributed by atoms with E-state index in [1.165, 1.54) is 0 Å². The first-order valence-electron chi connectivity index (χ1n) is 5.31. The molecule has 1 fully saturated rings. The molecule has 1 aliphatic heterocycles. The Morgan fingerprint density at radius 1 is 1.50 bits per heavy atom. The van der Waals surface area contributed by atoms with Gasteiger partial charge in [-0.25, -0.2) is 4.79 Å². The average molecular weight is 221 g/mol. The number of phenols is 1. The average Bonchev–Trinajstić information content (AvgIpc) is 2.58. The van der Waals surface area contributed by atoms with Crippen LogP contribution in [0.5, 0.6) is 5.75 Å². The second kappa shape index (κ2) is 4.04. The minimum Gasteiger partial charge on any atom is -0.508 e. The zero-order valence-electron chi connectivity index (χ0n) is 9.19. The summed E-state index contributed by atoms with van der Waals surface area (Å²) in [6.07, 6.45) is 1.10. The molecule has 1 aromatic rings. The topological polar surface area (TPSA) is 58.6 Å². The standard InChI is InChI=1S/C12H15NO3/c1-12(8-16-11(15)13-12)7-6-9-4-2-3-5-10(9)14/h2-5,14H,6-8H2,1H3,(H,13,15). The Balaban J connectivity index is 1.97. The molecule has 0 bridgehead atoms. The van der Waals surface area contributed by atoms with Crippen molar-refractivity contribution in [3.05, 3.63) is 29.8 Å². The van der Waals surface area contributed by atoms with Gasteiger partial charge < -0.3 is 15.2 Å². The molecule has 1 aliphatic rings. The molecule has 1 amide bonds. The first-order chi connectivity index (χ1) is 7.59. The lowest BCUT2D eigenvalue weighted by atomic mass is 9.94. The maximum absolute atomic E-state index is 11.0. The summed E-state index contributed by atoms with van der Waals surface area (Å²) in [5.41, 5.74) is 0.573. The summed E-state index contributed by atoms with van der Waals surface area (Å²) in [5, 5.41) is 12.4. The third kappa shape index (κ3) is 2.27. The summed E-state index contributed by atoms with van der Waals surface area (Å²) in [5.74, 6) is 0.302. The normalized spacial score (nSPS) is 23.9. The molecule has 1 unspecified atom stereocenters. The van der Waals surface area contributed by atoms with Gasteiger partial charge in [-0.1, -0.05) is 18.2 Å². The molecular formula is C12H15NO3. The van der Waals surface area contributed by atoms with Gasteiger partial charge in [0, 0.05) is 0 Å². The van der Waals surface area contributed by atoms with E-state index in [1.807, 2.05) is 19.1 Å². The van der Waals surface area contributed by atoms with Gasteiger partial charge in [-0.3, -0.25) is 0 Å². The number of nitrogens with one attached hydrogen (secondary N) is 1. The van der Waals surface area contributed by atoms with Crippen molar-refractivity contribution in [1.82, 2.24) is 5.32 Å². The van der Waals surface area contributed by atoms with E-state index in [4.69, 9.17) is 4.74 Å². The first kappa shape index (κ1) is 10.8. The number of carbonyl (C=O) groups excluding carboxylic acids is 1. The Morgan fingerprint density at radius 3 is 2.88 bits per heavy atom. The van der Waals surface area contributed by atoms with Crippen LogP contribution in [0.15, 0.2) is 24.3 Å². The number of hydrogen-bond donors (Lipinski definition) is 2. The largest absolute Gasteiger partial charge is 0.508 e. The summed E-state index contributed by atoms with van der Waals surface area (Å²) in [6, 6.07) is 7.24. The van der Waals surface area contributed by atoms with Crippen molar-refractivity contribution >= 4 is 6.09 Å². The molecule has 0 aromatic heterocycles. The number of alkyl carbamates (subject to hydrolysis) is 1. The van der Waals surface area contributed by atoms with Gasteiger partial charge in [0.1, 0.15) is 12.4 Å². The maximum atomic E-state index is 11.0. The molecule has 0 radical (unpaired) electrons. The van der Waals surface area contributed by atoms with Gasteiger partial charge in [0.2, 0.25) is 0 Å². The third-order valence-corrected chi connectivity index (χ3v) is 2.86. The predicted molar refractivity (Wildman–Crippen MR) is 59.3 cm³/mol. The molecule has 86 valence electrons. The number of aryl methyl sites for hydroxylation is 1. The molecule has 0 spiro atoms. The van der Waals surface area contributed by atoms with Gasteiger partial charge in [0.15, 0.2) is 0 Å². The van der Waals surface area contributed by atoms with Gasteiger partial charge in [-0.05, 0) is 31.4 Å². The second-order valence-corrected chi connectivity index (χ2v) is 4.39. The Hall–Kier alpha value is -1.71. The Labute approximate surface area is 94.2 Å². The van der Waals surface area contributed by atoms with Crippen molar-refractivity contribution in [1.29, 1.82) is 0 Å². The van der Waals surface area contributed by atoms with Crippen molar-refractivity contribution in [3.63, 3.8) is 0 Å². The van der Waals surface area contributed by atoms with Gasteiger partial charge in [0.05, 0.1) is 5.54 Å². The Bertz CT molecular complexity index is 405. The highest BCUT2D eigenvalue weighted by molar-refractivity contribution is 5.70. The molecule has 2 rings (SSSR count). The quantitative estimate of drug-likeness (QED) is 0.818. The van der Waals surface area contributed by atoms with Crippen LogP contribution in [-0.2, 0) is 11.2 Å². The fourth-order valence-corrected chi connectivity index (χ4v) is 1.81. The van der Waals surface area contributed by atoms with E-state index in [2.05, 4.69) is 5.32 Å². The molecule has 1 saturated heterocycles. The number of amides is 1. The number of para-hydroxylation sites is 1. The van der Waals surface area contributed by atoms with Crippen LogP contribution in [0, 0.1) is 0 Å². The molecule has 1 aromatic carbocycles. The molecule has 1 atom stereocenters. The summed E-state index contributed by atoms with van der Waals surface area (Å²) in [7, 11) is 0. The second-order valence-electron chi connectivity index (χ2n) is 4.39. The van der Waals surface area contributed by atoms with E-state index in [0.717, 1.165) is 12.0 Å². The number of benzene rings is 1. The molecular weight excluding hydrogens is 206 g/mol. The van der Waals surface area contributed by atoms with Crippen molar-refractivity contribution < 1.29 is 14.6 Å². The SMILES string of the molecule is CC1(CCc2ccccc2O)COC(=O)N1. The van der Waals surface area contributed by atoms with E-state index in [1.54, 1.807) is 12.1 Å². The molecule has 16 heavy (non-hydrogen) atoms. The van der Waals surface area contributed by atoms with Crippen LogP contribution < -0.4 is 5.32 Å². The molecule has 4 heteroatoms. The van der Waals surface area contributed by atoms with Crippen LogP contribution in [0.1, 0.15) is 18.9 Å². The van der Waals surface area contributed by atoms with Gasteiger partial charge >= 0.3 is 6.09 Å². The predicted octanol–water partition coefficient (Wildman–Crippen LogP) is 1.82. The minimum absolute atomic E-state index is 0.302. The smallest absolute Gasteiger partial charge is 0.407 e. The molecule has 1 heterocycles. The number of ether oxygens (including phenoxy) is 1. The summed E-state index contributed by atoms with van der Waals surface area (Å²) in [6.45, 7) is 2.33. The van der Waals surface area contributed by atoms with Gasteiger partial charge in [0.25, 0.3) is 0 Å². The number of cyclic esters (lactones) is 1. The van der Waals surface area contributed by atoms with Crippen LogP contribution in [0.4, 0.5) is 4.79 Å². The molecule has 2 N–H and O–H groups in total. The third-order valence-electron chi connectivity index (χ3n) is 2.86. The van der Waals surface area contributed by atoms with Crippen molar-refractivity contribution in [2.24, 2.45) is 0 Å². The van der Waals surface area contributed by atoms with E-state index < -0.39 is 0 Å². The van der Waals surface area contributed by atoms with Crippen LogP contribution in [0.3, 0.4) is 0 Å². The number of hydrogen-bond acceptors (Lipinski definition) is 3. The Morgan fingerprint density at radius 2 is 2.25 bits per heavy atom. The van der Waals surface area contributed by atoms with E-state index in [9.17, 15) is 9.90 Å². The first-order valence-corrected chi connectivity index (χ1v) is 5.31.